The molecule has 0 spiro atoms. The van der Waals surface area contributed by atoms with Crippen LogP contribution in [-0.2, 0) is 0 Å². The Hall–Kier alpha value is -2.80. The molecule has 7 heteroatoms. The predicted octanol–water partition coefficient (Wildman–Crippen LogP) is 7.18. The van der Waals surface area contributed by atoms with Gasteiger partial charge in [-0.15, -0.1) is 16.4 Å². The summed E-state index contributed by atoms with van der Waals surface area (Å²) in [5, 5.41) is 11.8. The Bertz CT molecular complexity index is 1470. The van der Waals surface area contributed by atoms with Crippen LogP contribution in [0, 0.1) is 5.82 Å². The van der Waals surface area contributed by atoms with Crippen LogP contribution in [0.3, 0.4) is 0 Å². The summed E-state index contributed by atoms with van der Waals surface area (Å²) in [5.74, 6) is -0.361. The van der Waals surface area contributed by atoms with Crippen LogP contribution in [0.2, 0.25) is 5.02 Å². The summed E-state index contributed by atoms with van der Waals surface area (Å²) in [4.78, 5) is 2.52. The molecular weight excluding hydrogens is 467 g/mol. The fourth-order valence-electron chi connectivity index (χ4n) is 4.93. The van der Waals surface area contributed by atoms with Gasteiger partial charge in [0.25, 0.3) is 0 Å². The molecule has 0 saturated carbocycles. The Morgan fingerprint density at radius 2 is 1.76 bits per heavy atom. The molecule has 3 heterocycles. The van der Waals surface area contributed by atoms with Crippen LogP contribution in [-0.4, -0.2) is 39.5 Å². The molecule has 172 valence electrons. The van der Waals surface area contributed by atoms with Crippen molar-refractivity contribution in [2.75, 3.05) is 19.6 Å². The Morgan fingerprint density at radius 1 is 0.941 bits per heavy atom. The number of fused-ring (bicyclic) bond motifs is 3. The lowest BCUT2D eigenvalue weighted by atomic mass is 10.0. The molecule has 1 saturated heterocycles. The quantitative estimate of drug-likeness (QED) is 0.261. The zero-order chi connectivity index (χ0) is 23.1. The first kappa shape index (κ1) is 21.7. The molecule has 0 radical (unpaired) electrons. The molecule has 0 amide bonds. The first-order chi connectivity index (χ1) is 16.7. The van der Waals surface area contributed by atoms with Gasteiger partial charge in [0.1, 0.15) is 11.5 Å². The first-order valence-corrected chi connectivity index (χ1v) is 12.9. The Labute approximate surface area is 206 Å². The van der Waals surface area contributed by atoms with Crippen LogP contribution < -0.4 is 0 Å². The van der Waals surface area contributed by atoms with E-state index in [4.69, 9.17) is 11.6 Å². The second kappa shape index (κ2) is 9.10. The highest BCUT2D eigenvalue weighted by atomic mass is 35.5. The zero-order valence-corrected chi connectivity index (χ0v) is 20.2. The number of hydrogen-bond acceptors (Lipinski definition) is 4. The molecule has 2 aromatic heterocycles. The monoisotopic (exact) mass is 490 g/mol. The second-order valence-corrected chi connectivity index (χ2v) is 10.4. The van der Waals surface area contributed by atoms with E-state index in [-0.39, 0.29) is 11.9 Å². The van der Waals surface area contributed by atoms with Crippen LogP contribution in [0.5, 0.6) is 0 Å². The molecule has 1 fully saturated rings. The van der Waals surface area contributed by atoms with Crippen molar-refractivity contribution >= 4 is 43.1 Å². The maximum atomic E-state index is 13.6. The highest BCUT2D eigenvalue weighted by molar-refractivity contribution is 7.25. The number of piperidine rings is 1. The zero-order valence-electron chi connectivity index (χ0n) is 18.6. The van der Waals surface area contributed by atoms with Crippen LogP contribution in [0.25, 0.3) is 31.4 Å². The molecule has 1 atom stereocenters. The Kier molecular flexibility index (Phi) is 5.81. The fourth-order valence-corrected chi connectivity index (χ4v) is 6.28. The maximum Gasteiger partial charge on any atom is 0.124 e. The molecule has 3 aromatic carbocycles. The van der Waals surface area contributed by atoms with E-state index in [2.05, 4.69) is 57.7 Å². The summed E-state index contributed by atoms with van der Waals surface area (Å²) in [7, 11) is 0. The molecule has 0 N–H and O–H groups in total. The molecule has 1 unspecified atom stereocenters. The van der Waals surface area contributed by atoms with Crippen molar-refractivity contribution in [3.63, 3.8) is 0 Å². The van der Waals surface area contributed by atoms with Gasteiger partial charge in [0.2, 0.25) is 0 Å². The van der Waals surface area contributed by atoms with Gasteiger partial charge in [-0.1, -0.05) is 47.5 Å². The Balaban J connectivity index is 1.42. The van der Waals surface area contributed by atoms with Crippen molar-refractivity contribution in [3.8, 4) is 11.3 Å². The van der Waals surface area contributed by atoms with E-state index in [0.29, 0.717) is 16.3 Å². The number of nitrogens with zero attached hydrogens (tertiary/aromatic N) is 4. The predicted molar refractivity (Wildman–Crippen MR) is 138 cm³/mol. The number of benzene rings is 3. The van der Waals surface area contributed by atoms with Gasteiger partial charge >= 0.3 is 0 Å². The van der Waals surface area contributed by atoms with Crippen molar-refractivity contribution < 1.29 is 4.39 Å². The maximum absolute atomic E-state index is 13.6. The SMILES string of the molecule is Fc1ccc(-c2cn(C(CN3CCCCC3)c3ccc4sc5ccccc5c4c3)nn2)c(Cl)c1. The van der Waals surface area contributed by atoms with Crippen molar-refractivity contribution in [1.29, 1.82) is 0 Å². The highest BCUT2D eigenvalue weighted by Gasteiger charge is 2.23. The topological polar surface area (TPSA) is 34.0 Å². The van der Waals surface area contributed by atoms with Crippen LogP contribution >= 0.6 is 22.9 Å². The number of rotatable bonds is 5. The van der Waals surface area contributed by atoms with Gasteiger partial charge in [0, 0.05) is 32.3 Å². The summed E-state index contributed by atoms with van der Waals surface area (Å²) in [6.07, 6.45) is 5.69. The third-order valence-corrected chi connectivity index (χ3v) is 8.17. The van der Waals surface area contributed by atoms with Crippen molar-refractivity contribution in [3.05, 3.63) is 83.3 Å². The lowest BCUT2D eigenvalue weighted by Crippen LogP contribution is -2.35. The normalized spacial score (nSPS) is 15.8. The fraction of sp³-hybridized carbons (Fsp3) is 0.259. The first-order valence-electron chi connectivity index (χ1n) is 11.7. The summed E-state index contributed by atoms with van der Waals surface area (Å²) in [6, 6.07) is 19.7. The van der Waals surface area contributed by atoms with Crippen LogP contribution in [0.4, 0.5) is 4.39 Å². The molecule has 4 nitrogen and oxygen atoms in total. The van der Waals surface area contributed by atoms with E-state index < -0.39 is 0 Å². The van der Waals surface area contributed by atoms with Gasteiger partial charge in [-0.25, -0.2) is 9.07 Å². The summed E-state index contributed by atoms with van der Waals surface area (Å²) < 4.78 is 18.1. The van der Waals surface area contributed by atoms with Crippen LogP contribution in [0.1, 0.15) is 30.9 Å². The van der Waals surface area contributed by atoms with Gasteiger partial charge in [0.15, 0.2) is 0 Å². The number of aromatic nitrogens is 3. The van der Waals surface area contributed by atoms with E-state index >= 15 is 0 Å². The minimum Gasteiger partial charge on any atom is -0.301 e. The number of thiophene rings is 1. The van der Waals surface area contributed by atoms with E-state index in [9.17, 15) is 4.39 Å². The largest absolute Gasteiger partial charge is 0.301 e. The van der Waals surface area contributed by atoms with E-state index in [0.717, 1.165) is 19.6 Å². The average molecular weight is 491 g/mol. The summed E-state index contributed by atoms with van der Waals surface area (Å²) >= 11 is 8.14. The second-order valence-electron chi connectivity index (χ2n) is 8.94. The molecule has 0 aliphatic carbocycles. The number of likely N-dealkylation sites (tertiary alicyclic amines) is 1. The van der Waals surface area contributed by atoms with Crippen molar-refractivity contribution in [2.24, 2.45) is 0 Å². The highest BCUT2D eigenvalue weighted by Crippen LogP contribution is 2.36. The molecule has 1 aliphatic heterocycles. The lowest BCUT2D eigenvalue weighted by molar-refractivity contribution is 0.202. The van der Waals surface area contributed by atoms with E-state index in [1.807, 2.05) is 22.2 Å². The van der Waals surface area contributed by atoms with E-state index in [1.54, 1.807) is 6.07 Å². The molecule has 5 aromatic rings. The van der Waals surface area contributed by atoms with Crippen LogP contribution in [0.15, 0.2) is 66.9 Å². The third kappa shape index (κ3) is 4.11. The Morgan fingerprint density at radius 3 is 2.62 bits per heavy atom. The number of hydrogen-bond donors (Lipinski definition) is 0. The smallest absolute Gasteiger partial charge is 0.124 e. The summed E-state index contributed by atoms with van der Waals surface area (Å²) in [6.45, 7) is 3.07. The third-order valence-electron chi connectivity index (χ3n) is 6.70. The van der Waals surface area contributed by atoms with E-state index in [1.165, 1.54) is 57.1 Å². The van der Waals surface area contributed by atoms with Gasteiger partial charge in [-0.2, -0.15) is 0 Å². The number of halogens is 2. The molecule has 0 bridgehead atoms. The minimum absolute atomic E-state index is 0.0154. The molecule has 1 aliphatic rings. The average Bonchev–Trinajstić information content (AvgIpc) is 3.48. The lowest BCUT2D eigenvalue weighted by Gasteiger charge is -2.30. The minimum atomic E-state index is -0.361. The van der Waals surface area contributed by atoms with Crippen molar-refractivity contribution in [2.45, 2.75) is 25.3 Å². The van der Waals surface area contributed by atoms with Gasteiger partial charge < -0.3 is 4.90 Å². The van der Waals surface area contributed by atoms with Gasteiger partial charge in [-0.3, -0.25) is 0 Å². The molecule has 6 rings (SSSR count). The molecular formula is C27H24ClFN4S. The summed E-state index contributed by atoms with van der Waals surface area (Å²) in [5.41, 5.74) is 2.55. The van der Waals surface area contributed by atoms with Gasteiger partial charge in [-0.05, 0) is 67.9 Å². The van der Waals surface area contributed by atoms with Gasteiger partial charge in [0.05, 0.1) is 17.3 Å². The molecule has 34 heavy (non-hydrogen) atoms. The van der Waals surface area contributed by atoms with Crippen molar-refractivity contribution in [1.82, 2.24) is 19.9 Å². The standard InChI is InChI=1S/C27H24ClFN4S/c28-23-15-19(29)9-10-21(23)24-16-33(31-30-24)25(17-32-12-4-1-5-13-32)18-8-11-27-22(14-18)20-6-2-3-7-26(20)34-27/h2-3,6-11,14-16,25H,1,4-5,12-13,17H2.